The summed E-state index contributed by atoms with van der Waals surface area (Å²) in [5.41, 5.74) is 7.58. The van der Waals surface area contributed by atoms with Crippen molar-refractivity contribution in [2.45, 2.75) is 44.4 Å². The molecule has 1 aromatic rings. The lowest BCUT2D eigenvalue weighted by molar-refractivity contribution is 0.231. The van der Waals surface area contributed by atoms with Gasteiger partial charge in [-0.05, 0) is 49.3 Å². The van der Waals surface area contributed by atoms with Gasteiger partial charge in [-0.15, -0.1) is 0 Å². The number of nitrogens with two attached hydrogens (primary N) is 1. The van der Waals surface area contributed by atoms with Gasteiger partial charge in [0.25, 0.3) is 0 Å². The van der Waals surface area contributed by atoms with Gasteiger partial charge in [-0.3, -0.25) is 0 Å². The average molecular weight is 252 g/mol. The van der Waals surface area contributed by atoms with E-state index in [1.807, 2.05) is 12.1 Å². The van der Waals surface area contributed by atoms with Gasteiger partial charge in [0.15, 0.2) is 0 Å². The molecule has 2 N–H and O–H groups in total. The predicted molar refractivity (Wildman–Crippen MR) is 74.4 cm³/mol. The Morgan fingerprint density at radius 2 is 2.06 bits per heavy atom. The average Bonchev–Trinajstić information content (AvgIpc) is 2.39. The molecule has 0 amide bonds. The van der Waals surface area contributed by atoms with Crippen LogP contribution in [0.3, 0.4) is 0 Å². The molecular weight excluding hydrogens is 230 g/mol. The number of hydrogen-bond acceptors (Lipinski definition) is 1. The van der Waals surface area contributed by atoms with Crippen LogP contribution in [-0.4, -0.2) is 6.54 Å². The fraction of sp³-hybridized carbons (Fsp3) is 0.600. The summed E-state index contributed by atoms with van der Waals surface area (Å²) >= 11 is 6.10. The molecule has 0 aliphatic heterocycles. The van der Waals surface area contributed by atoms with Crippen LogP contribution in [0.15, 0.2) is 24.3 Å². The lowest BCUT2D eigenvalue weighted by Gasteiger charge is -2.40. The minimum atomic E-state index is 0.177. The van der Waals surface area contributed by atoms with Crippen LogP contribution in [0, 0.1) is 5.92 Å². The molecule has 0 unspecified atom stereocenters. The van der Waals surface area contributed by atoms with Crippen LogP contribution < -0.4 is 5.73 Å². The van der Waals surface area contributed by atoms with E-state index >= 15 is 0 Å². The Bertz CT molecular complexity index is 367. The van der Waals surface area contributed by atoms with E-state index in [2.05, 4.69) is 19.1 Å². The van der Waals surface area contributed by atoms with Gasteiger partial charge in [0.05, 0.1) is 0 Å². The third kappa shape index (κ3) is 2.66. The number of hydrogen-bond donors (Lipinski definition) is 1. The second kappa shape index (κ2) is 5.41. The Morgan fingerprint density at radius 3 is 2.59 bits per heavy atom. The molecule has 1 saturated carbocycles. The summed E-state index contributed by atoms with van der Waals surface area (Å²) < 4.78 is 0. The maximum Gasteiger partial charge on any atom is 0.0408 e. The van der Waals surface area contributed by atoms with Gasteiger partial charge < -0.3 is 5.73 Å². The molecule has 0 heterocycles. The van der Waals surface area contributed by atoms with Gasteiger partial charge in [0.2, 0.25) is 0 Å². The molecule has 1 nitrogen and oxygen atoms in total. The van der Waals surface area contributed by atoms with Gasteiger partial charge >= 0.3 is 0 Å². The van der Waals surface area contributed by atoms with Crippen molar-refractivity contribution in [2.75, 3.05) is 6.54 Å². The Kier molecular flexibility index (Phi) is 4.11. The fourth-order valence-electron chi connectivity index (χ4n) is 3.07. The van der Waals surface area contributed by atoms with Gasteiger partial charge in [-0.1, -0.05) is 37.1 Å². The number of halogens is 1. The molecule has 1 aromatic carbocycles. The van der Waals surface area contributed by atoms with Crippen molar-refractivity contribution < 1.29 is 0 Å². The monoisotopic (exact) mass is 251 g/mol. The van der Waals surface area contributed by atoms with Gasteiger partial charge in [0.1, 0.15) is 0 Å². The summed E-state index contributed by atoms with van der Waals surface area (Å²) in [6.45, 7) is 3.03. The Labute approximate surface area is 109 Å². The maximum absolute atomic E-state index is 6.10. The van der Waals surface area contributed by atoms with Crippen molar-refractivity contribution in [2.24, 2.45) is 11.7 Å². The molecule has 0 aromatic heterocycles. The Morgan fingerprint density at radius 1 is 1.35 bits per heavy atom. The second-order valence-corrected chi connectivity index (χ2v) is 5.78. The zero-order valence-corrected chi connectivity index (χ0v) is 11.3. The predicted octanol–water partition coefficient (Wildman–Crippen LogP) is 4.14. The first-order valence-corrected chi connectivity index (χ1v) is 7.04. The summed E-state index contributed by atoms with van der Waals surface area (Å²) in [5.74, 6) is 0.897. The van der Waals surface area contributed by atoms with Crippen molar-refractivity contribution in [3.8, 4) is 0 Å². The quantitative estimate of drug-likeness (QED) is 0.859. The first kappa shape index (κ1) is 12.9. The Hall–Kier alpha value is -0.530. The summed E-state index contributed by atoms with van der Waals surface area (Å²) in [6.07, 6.45) is 6.33. The van der Waals surface area contributed by atoms with Crippen molar-refractivity contribution >= 4 is 11.6 Å². The van der Waals surface area contributed by atoms with Crippen molar-refractivity contribution in [1.82, 2.24) is 0 Å². The van der Waals surface area contributed by atoms with E-state index in [-0.39, 0.29) is 5.41 Å². The van der Waals surface area contributed by atoms with Crippen LogP contribution in [0.4, 0.5) is 0 Å². The van der Waals surface area contributed by atoms with E-state index in [1.54, 1.807) is 0 Å². The van der Waals surface area contributed by atoms with Crippen LogP contribution in [0.2, 0.25) is 5.02 Å². The standard InChI is InChI=1S/C15H22ClN/c1-2-12-6-8-15(11-17,9-7-12)13-4-3-5-14(16)10-13/h3-5,10,12H,2,6-9,11,17H2,1H3/t12-,15+. The highest BCUT2D eigenvalue weighted by molar-refractivity contribution is 6.30. The molecule has 17 heavy (non-hydrogen) atoms. The molecule has 1 aliphatic rings. The maximum atomic E-state index is 6.10. The van der Waals surface area contributed by atoms with Gasteiger partial charge in [-0.2, -0.15) is 0 Å². The lowest BCUT2D eigenvalue weighted by Crippen LogP contribution is -2.38. The Balaban J connectivity index is 2.21. The first-order chi connectivity index (χ1) is 8.20. The highest BCUT2D eigenvalue weighted by Gasteiger charge is 2.35. The highest BCUT2D eigenvalue weighted by atomic mass is 35.5. The molecule has 1 fully saturated rings. The topological polar surface area (TPSA) is 26.0 Å². The van der Waals surface area contributed by atoms with Crippen molar-refractivity contribution in [1.29, 1.82) is 0 Å². The minimum Gasteiger partial charge on any atom is -0.330 e. The zero-order valence-electron chi connectivity index (χ0n) is 10.6. The van der Waals surface area contributed by atoms with E-state index in [0.29, 0.717) is 0 Å². The van der Waals surface area contributed by atoms with E-state index in [1.165, 1.54) is 37.7 Å². The van der Waals surface area contributed by atoms with Crippen molar-refractivity contribution in [3.63, 3.8) is 0 Å². The molecule has 0 bridgehead atoms. The highest BCUT2D eigenvalue weighted by Crippen LogP contribution is 2.42. The summed E-state index contributed by atoms with van der Waals surface area (Å²) in [7, 11) is 0. The molecule has 94 valence electrons. The molecule has 0 atom stereocenters. The van der Waals surface area contributed by atoms with E-state index in [0.717, 1.165) is 17.5 Å². The van der Waals surface area contributed by atoms with Crippen LogP contribution in [0.1, 0.15) is 44.6 Å². The molecule has 2 rings (SSSR count). The molecule has 2 heteroatoms. The third-order valence-electron chi connectivity index (χ3n) is 4.47. The number of rotatable bonds is 3. The van der Waals surface area contributed by atoms with Crippen molar-refractivity contribution in [3.05, 3.63) is 34.9 Å². The summed E-state index contributed by atoms with van der Waals surface area (Å²) in [5, 5.41) is 0.827. The van der Waals surface area contributed by atoms with Crippen LogP contribution in [-0.2, 0) is 5.41 Å². The SMILES string of the molecule is CC[C@H]1CC[C@@](CN)(c2cccc(Cl)c2)CC1. The molecule has 1 aliphatic carbocycles. The normalized spacial score (nSPS) is 29.2. The second-order valence-electron chi connectivity index (χ2n) is 5.35. The van der Waals surface area contributed by atoms with E-state index < -0.39 is 0 Å². The van der Waals surface area contributed by atoms with Gasteiger partial charge in [0, 0.05) is 17.0 Å². The molecule has 0 spiro atoms. The van der Waals surface area contributed by atoms with Gasteiger partial charge in [-0.25, -0.2) is 0 Å². The lowest BCUT2D eigenvalue weighted by atomic mass is 9.66. The smallest absolute Gasteiger partial charge is 0.0408 e. The fourth-order valence-corrected chi connectivity index (χ4v) is 3.26. The van der Waals surface area contributed by atoms with E-state index in [4.69, 9.17) is 17.3 Å². The molecular formula is C15H22ClN. The van der Waals surface area contributed by atoms with E-state index in [9.17, 15) is 0 Å². The van der Waals surface area contributed by atoms with Crippen LogP contribution in [0.25, 0.3) is 0 Å². The third-order valence-corrected chi connectivity index (χ3v) is 4.70. The largest absolute Gasteiger partial charge is 0.330 e. The first-order valence-electron chi connectivity index (χ1n) is 6.66. The summed E-state index contributed by atoms with van der Waals surface area (Å²) in [4.78, 5) is 0. The molecule has 0 radical (unpaired) electrons. The van der Waals surface area contributed by atoms with Crippen LogP contribution >= 0.6 is 11.6 Å². The van der Waals surface area contributed by atoms with Crippen LogP contribution in [0.5, 0.6) is 0 Å². The minimum absolute atomic E-state index is 0.177. The number of benzene rings is 1. The molecule has 0 saturated heterocycles. The zero-order chi connectivity index (χ0) is 12.3. The summed E-state index contributed by atoms with van der Waals surface area (Å²) in [6, 6.07) is 8.26.